The summed E-state index contributed by atoms with van der Waals surface area (Å²) >= 11 is 5.14. The Labute approximate surface area is 73.6 Å². The van der Waals surface area contributed by atoms with Gasteiger partial charge in [-0.2, -0.15) is 0 Å². The minimum atomic E-state index is -0.473. The number of nitro benzene ring substituents is 1. The van der Waals surface area contributed by atoms with Gasteiger partial charge in [0.05, 0.1) is 10.6 Å². The molecule has 0 atom stereocenters. The highest BCUT2D eigenvalue weighted by molar-refractivity contribution is 6.13. The molecule has 1 rings (SSSR count). The molecule has 0 aliphatic rings. The monoisotopic (exact) mass is 187 g/mol. The van der Waals surface area contributed by atoms with E-state index in [1.54, 1.807) is 12.1 Å². The van der Waals surface area contributed by atoms with Crippen LogP contribution in [-0.2, 0) is 0 Å². The van der Waals surface area contributed by atoms with Gasteiger partial charge >= 0.3 is 0 Å². The van der Waals surface area contributed by atoms with Crippen LogP contribution in [-0.4, -0.2) is 4.92 Å². The first kappa shape index (κ1) is 8.76. The molecule has 0 heterocycles. The Morgan fingerprint density at radius 1 is 1.50 bits per heavy atom. The quantitative estimate of drug-likeness (QED) is 0.429. The molecule has 1 aromatic carbocycles. The normalized spacial score (nSPS) is 9.42. The Hall–Kier alpha value is -1.33. The number of anilines is 1. The molecule has 12 heavy (non-hydrogen) atoms. The number of non-ortho nitro benzene ring substituents is 1. The van der Waals surface area contributed by atoms with Gasteiger partial charge in [-0.1, -0.05) is 6.07 Å². The molecule has 0 saturated carbocycles. The highest BCUT2D eigenvalue weighted by atomic mass is 35.5. The summed E-state index contributed by atoms with van der Waals surface area (Å²) in [6.07, 6.45) is 0. The maximum absolute atomic E-state index is 10.3. The Balaban J connectivity index is 2.88. The lowest BCUT2D eigenvalue weighted by atomic mass is 10.3. The number of hydrazine groups is 1. The smallest absolute Gasteiger partial charge is 0.271 e. The highest BCUT2D eigenvalue weighted by Gasteiger charge is 2.04. The second-order valence-corrected chi connectivity index (χ2v) is 2.22. The highest BCUT2D eigenvalue weighted by Crippen LogP contribution is 2.15. The molecule has 0 fully saturated rings. The van der Waals surface area contributed by atoms with Gasteiger partial charge in [0.2, 0.25) is 0 Å². The summed E-state index contributed by atoms with van der Waals surface area (Å²) in [5.74, 6) is 0. The molecule has 0 spiro atoms. The van der Waals surface area contributed by atoms with E-state index in [1.807, 2.05) is 0 Å². The van der Waals surface area contributed by atoms with Crippen molar-refractivity contribution in [1.82, 2.24) is 4.94 Å². The third-order valence-electron chi connectivity index (χ3n) is 1.25. The van der Waals surface area contributed by atoms with Crippen LogP contribution in [0.2, 0.25) is 0 Å². The Morgan fingerprint density at radius 2 is 2.25 bits per heavy atom. The largest absolute Gasteiger partial charge is 0.307 e. The summed E-state index contributed by atoms with van der Waals surface area (Å²) in [6, 6.07) is 5.99. The van der Waals surface area contributed by atoms with E-state index in [0.717, 1.165) is 0 Å². The lowest BCUT2D eigenvalue weighted by Gasteiger charge is -2.00. The van der Waals surface area contributed by atoms with Crippen molar-refractivity contribution in [2.24, 2.45) is 0 Å². The van der Waals surface area contributed by atoms with Gasteiger partial charge < -0.3 is 5.43 Å². The first-order valence-corrected chi connectivity index (χ1v) is 3.48. The first-order chi connectivity index (χ1) is 5.74. The predicted octanol–water partition coefficient (Wildman–Crippen LogP) is 1.67. The molecule has 0 saturated heterocycles. The van der Waals surface area contributed by atoms with Crippen LogP contribution in [0.5, 0.6) is 0 Å². The van der Waals surface area contributed by atoms with E-state index in [-0.39, 0.29) is 5.69 Å². The zero-order chi connectivity index (χ0) is 8.97. The van der Waals surface area contributed by atoms with Crippen molar-refractivity contribution in [3.63, 3.8) is 0 Å². The minimum absolute atomic E-state index is 0.0203. The predicted molar refractivity (Wildman–Crippen MR) is 45.7 cm³/mol. The molecule has 5 nitrogen and oxygen atoms in total. The average Bonchev–Trinajstić information content (AvgIpc) is 2.05. The van der Waals surface area contributed by atoms with Crippen LogP contribution in [0.1, 0.15) is 0 Å². The molecular formula is C6H6ClN3O2. The second-order valence-electron chi connectivity index (χ2n) is 2.03. The maximum Gasteiger partial charge on any atom is 0.271 e. The molecule has 6 heteroatoms. The molecule has 1 aromatic rings. The summed E-state index contributed by atoms with van der Waals surface area (Å²) in [5.41, 5.74) is 3.07. The number of hydrogen-bond acceptors (Lipinski definition) is 4. The summed E-state index contributed by atoms with van der Waals surface area (Å²) in [4.78, 5) is 12.0. The molecule has 0 amide bonds. The number of hydrogen-bond donors (Lipinski definition) is 2. The van der Waals surface area contributed by atoms with Gasteiger partial charge in [-0.3, -0.25) is 10.1 Å². The van der Waals surface area contributed by atoms with E-state index in [4.69, 9.17) is 11.8 Å². The van der Waals surface area contributed by atoms with Crippen molar-refractivity contribution >= 4 is 23.2 Å². The number of nitrogens with zero attached hydrogens (tertiary/aromatic N) is 1. The SMILES string of the molecule is O=[N+]([O-])c1cccc(NNCl)c1. The fraction of sp³-hybridized carbons (Fsp3) is 0. The first-order valence-electron chi connectivity index (χ1n) is 3.10. The van der Waals surface area contributed by atoms with E-state index in [2.05, 4.69) is 10.4 Å². The van der Waals surface area contributed by atoms with E-state index in [1.165, 1.54) is 12.1 Å². The van der Waals surface area contributed by atoms with Crippen LogP contribution in [0.25, 0.3) is 0 Å². The Morgan fingerprint density at radius 3 is 2.83 bits per heavy atom. The summed E-state index contributed by atoms with van der Waals surface area (Å²) < 4.78 is 0. The lowest BCUT2D eigenvalue weighted by Crippen LogP contribution is -2.08. The van der Waals surface area contributed by atoms with Crippen molar-refractivity contribution in [3.8, 4) is 0 Å². The minimum Gasteiger partial charge on any atom is -0.307 e. The van der Waals surface area contributed by atoms with Gasteiger partial charge in [0.25, 0.3) is 5.69 Å². The number of benzene rings is 1. The van der Waals surface area contributed by atoms with Crippen LogP contribution in [0.3, 0.4) is 0 Å². The zero-order valence-electron chi connectivity index (χ0n) is 5.95. The summed E-state index contributed by atoms with van der Waals surface area (Å²) in [7, 11) is 0. The van der Waals surface area contributed by atoms with Crippen molar-refractivity contribution in [2.75, 3.05) is 5.43 Å². The summed E-state index contributed by atoms with van der Waals surface area (Å²) in [6.45, 7) is 0. The number of halogens is 1. The van der Waals surface area contributed by atoms with Gasteiger partial charge in [-0.05, 0) is 17.8 Å². The van der Waals surface area contributed by atoms with E-state index in [0.29, 0.717) is 5.69 Å². The van der Waals surface area contributed by atoms with Crippen LogP contribution in [0, 0.1) is 10.1 Å². The summed E-state index contributed by atoms with van der Waals surface area (Å²) in [5, 5.41) is 10.3. The Bertz CT molecular complexity index is 292. The molecular weight excluding hydrogens is 182 g/mol. The van der Waals surface area contributed by atoms with Crippen molar-refractivity contribution in [2.45, 2.75) is 0 Å². The molecule has 0 unspecified atom stereocenters. The number of rotatable bonds is 3. The van der Waals surface area contributed by atoms with Gasteiger partial charge in [-0.25, -0.2) is 0 Å². The van der Waals surface area contributed by atoms with Crippen LogP contribution in [0.4, 0.5) is 11.4 Å². The number of nitro groups is 1. The van der Waals surface area contributed by atoms with Crippen molar-refractivity contribution < 1.29 is 4.92 Å². The molecule has 64 valence electrons. The Kier molecular flexibility index (Phi) is 2.84. The average molecular weight is 188 g/mol. The van der Waals surface area contributed by atoms with Gasteiger partial charge in [0.15, 0.2) is 0 Å². The van der Waals surface area contributed by atoms with E-state index < -0.39 is 4.92 Å². The van der Waals surface area contributed by atoms with Gasteiger partial charge in [0, 0.05) is 12.1 Å². The maximum atomic E-state index is 10.3. The van der Waals surface area contributed by atoms with Crippen LogP contribution < -0.4 is 10.4 Å². The number of nitrogens with one attached hydrogen (secondary N) is 2. The lowest BCUT2D eigenvalue weighted by molar-refractivity contribution is -0.384. The van der Waals surface area contributed by atoms with Crippen molar-refractivity contribution in [3.05, 3.63) is 34.4 Å². The third-order valence-corrected chi connectivity index (χ3v) is 1.34. The fourth-order valence-electron chi connectivity index (χ4n) is 0.752. The molecule has 0 aliphatic heterocycles. The topological polar surface area (TPSA) is 67.2 Å². The second kappa shape index (κ2) is 3.89. The molecule has 0 aromatic heterocycles. The van der Waals surface area contributed by atoms with Gasteiger partial charge in [0.1, 0.15) is 0 Å². The zero-order valence-corrected chi connectivity index (χ0v) is 6.71. The molecule has 0 radical (unpaired) electrons. The van der Waals surface area contributed by atoms with Crippen molar-refractivity contribution in [1.29, 1.82) is 0 Å². The third kappa shape index (κ3) is 2.08. The van der Waals surface area contributed by atoms with Crippen LogP contribution in [0.15, 0.2) is 24.3 Å². The molecule has 2 N–H and O–H groups in total. The molecule has 0 bridgehead atoms. The van der Waals surface area contributed by atoms with Gasteiger partial charge in [-0.15, -0.1) is 4.94 Å². The fourth-order valence-corrected chi connectivity index (χ4v) is 0.861. The molecule has 0 aliphatic carbocycles. The standard InChI is InChI=1S/C6H6ClN3O2/c7-9-8-5-2-1-3-6(4-5)10(11)12/h1-4,8-9H. The van der Waals surface area contributed by atoms with E-state index in [9.17, 15) is 10.1 Å². The van der Waals surface area contributed by atoms with Crippen LogP contribution >= 0.6 is 11.8 Å². The van der Waals surface area contributed by atoms with E-state index >= 15 is 0 Å².